The molecule has 5 nitrogen and oxygen atoms in total. The van der Waals surface area contributed by atoms with Crippen molar-refractivity contribution < 1.29 is 14.3 Å². The van der Waals surface area contributed by atoms with Crippen LogP contribution in [0.25, 0.3) is 0 Å². The predicted octanol–water partition coefficient (Wildman–Crippen LogP) is 3.25. The predicted molar refractivity (Wildman–Crippen MR) is 106 cm³/mol. The monoisotopic (exact) mass is 368 g/mol. The average molecular weight is 368 g/mol. The molecule has 2 aromatic carbocycles. The van der Waals surface area contributed by atoms with E-state index in [4.69, 9.17) is 4.74 Å². The van der Waals surface area contributed by atoms with E-state index in [2.05, 4.69) is 10.6 Å². The van der Waals surface area contributed by atoms with E-state index in [1.165, 1.54) is 0 Å². The van der Waals surface area contributed by atoms with Crippen molar-refractivity contribution in [2.24, 2.45) is 5.92 Å². The van der Waals surface area contributed by atoms with E-state index >= 15 is 0 Å². The summed E-state index contributed by atoms with van der Waals surface area (Å²) in [7, 11) is 1.61. The quantitative estimate of drug-likeness (QED) is 0.752. The second-order valence-electron chi connectivity index (χ2n) is 6.89. The Balaban J connectivity index is 2.02. The van der Waals surface area contributed by atoms with Crippen LogP contribution in [0.2, 0.25) is 0 Å². The van der Waals surface area contributed by atoms with E-state index in [0.29, 0.717) is 12.1 Å². The normalized spacial score (nSPS) is 13.1. The molecule has 2 unspecified atom stereocenters. The van der Waals surface area contributed by atoms with Crippen LogP contribution in [0, 0.1) is 12.8 Å². The maximum absolute atomic E-state index is 12.7. The Hall–Kier alpha value is -2.66. The molecule has 0 aliphatic carbocycles. The summed E-state index contributed by atoms with van der Waals surface area (Å²) in [5.41, 5.74) is 2.45. The molecule has 144 valence electrons. The number of rotatable bonds is 8. The maximum atomic E-state index is 12.7. The van der Waals surface area contributed by atoms with E-state index in [1.54, 1.807) is 13.2 Å². The highest BCUT2D eigenvalue weighted by atomic mass is 16.5. The van der Waals surface area contributed by atoms with Crippen molar-refractivity contribution in [1.82, 2.24) is 10.6 Å². The van der Waals surface area contributed by atoms with Gasteiger partial charge in [0.2, 0.25) is 5.91 Å². The van der Waals surface area contributed by atoms with Gasteiger partial charge in [0.25, 0.3) is 5.91 Å². The molecule has 0 aromatic heterocycles. The molecule has 0 heterocycles. The van der Waals surface area contributed by atoms with Crippen molar-refractivity contribution in [3.63, 3.8) is 0 Å². The number of carbonyl (C=O) groups excluding carboxylic acids is 2. The zero-order valence-corrected chi connectivity index (χ0v) is 16.4. The van der Waals surface area contributed by atoms with Crippen molar-refractivity contribution in [1.29, 1.82) is 0 Å². The first-order chi connectivity index (χ1) is 12.9. The lowest BCUT2D eigenvalue weighted by atomic mass is 10.0. The van der Waals surface area contributed by atoms with Crippen LogP contribution in [0.5, 0.6) is 0 Å². The molecule has 2 rings (SSSR count). The maximum Gasteiger partial charge on any atom is 0.252 e. The minimum Gasteiger partial charge on any atom is -0.375 e. The van der Waals surface area contributed by atoms with E-state index in [-0.39, 0.29) is 23.8 Å². The molecule has 27 heavy (non-hydrogen) atoms. The van der Waals surface area contributed by atoms with Gasteiger partial charge in [0.1, 0.15) is 6.04 Å². The van der Waals surface area contributed by atoms with E-state index in [9.17, 15) is 9.59 Å². The summed E-state index contributed by atoms with van der Waals surface area (Å²) in [4.78, 5) is 25.3. The summed E-state index contributed by atoms with van der Waals surface area (Å²) in [6.45, 7) is 6.03. The lowest BCUT2D eigenvalue weighted by Crippen LogP contribution is -2.50. The lowest BCUT2D eigenvalue weighted by molar-refractivity contribution is -0.124. The molecule has 0 saturated heterocycles. The van der Waals surface area contributed by atoms with Gasteiger partial charge >= 0.3 is 0 Å². The zero-order valence-electron chi connectivity index (χ0n) is 16.4. The molecule has 0 bridgehead atoms. The van der Waals surface area contributed by atoms with Gasteiger partial charge in [0, 0.05) is 19.2 Å². The number of benzene rings is 2. The molecule has 0 aliphatic rings. The van der Waals surface area contributed by atoms with Crippen LogP contribution in [0.1, 0.15) is 41.4 Å². The van der Waals surface area contributed by atoms with Gasteiger partial charge in [-0.05, 0) is 30.0 Å². The average Bonchev–Trinajstić information content (AvgIpc) is 2.67. The fourth-order valence-corrected chi connectivity index (χ4v) is 2.89. The van der Waals surface area contributed by atoms with Gasteiger partial charge in [-0.15, -0.1) is 0 Å². The largest absolute Gasteiger partial charge is 0.375 e. The van der Waals surface area contributed by atoms with Crippen molar-refractivity contribution in [2.75, 3.05) is 13.7 Å². The van der Waals surface area contributed by atoms with Gasteiger partial charge in [-0.1, -0.05) is 62.4 Å². The van der Waals surface area contributed by atoms with Crippen LogP contribution in [0.4, 0.5) is 0 Å². The second-order valence-corrected chi connectivity index (χ2v) is 6.89. The molecule has 2 N–H and O–H groups in total. The summed E-state index contributed by atoms with van der Waals surface area (Å²) in [6, 6.07) is 16.4. The molecular formula is C22H28N2O3. The van der Waals surface area contributed by atoms with Crippen LogP contribution in [0.3, 0.4) is 0 Å². The van der Waals surface area contributed by atoms with E-state index in [0.717, 1.165) is 11.1 Å². The van der Waals surface area contributed by atoms with Gasteiger partial charge < -0.3 is 15.4 Å². The van der Waals surface area contributed by atoms with Crippen LogP contribution in [0.15, 0.2) is 54.6 Å². The van der Waals surface area contributed by atoms with Crippen molar-refractivity contribution in [2.45, 2.75) is 32.9 Å². The Bertz CT molecular complexity index is 759. The Morgan fingerprint density at radius 3 is 2.22 bits per heavy atom. The highest BCUT2D eigenvalue weighted by molar-refractivity contribution is 5.98. The molecule has 0 radical (unpaired) electrons. The van der Waals surface area contributed by atoms with E-state index in [1.807, 2.05) is 69.3 Å². The summed E-state index contributed by atoms with van der Waals surface area (Å²) in [5.74, 6) is -0.506. The Labute approximate surface area is 161 Å². The van der Waals surface area contributed by atoms with Crippen molar-refractivity contribution >= 4 is 11.8 Å². The smallest absolute Gasteiger partial charge is 0.252 e. The molecule has 5 heteroatoms. The highest BCUT2D eigenvalue weighted by Gasteiger charge is 2.25. The van der Waals surface area contributed by atoms with Crippen LogP contribution < -0.4 is 10.6 Å². The van der Waals surface area contributed by atoms with Gasteiger partial charge in [-0.3, -0.25) is 9.59 Å². The topological polar surface area (TPSA) is 67.4 Å². The Morgan fingerprint density at radius 1 is 1.00 bits per heavy atom. The molecule has 2 aromatic rings. The van der Waals surface area contributed by atoms with Crippen molar-refractivity contribution in [3.05, 3.63) is 71.3 Å². The molecule has 2 amide bonds. The first kappa shape index (κ1) is 20.6. The summed E-state index contributed by atoms with van der Waals surface area (Å²) in [6.07, 6.45) is -0.241. The van der Waals surface area contributed by atoms with Crippen LogP contribution >= 0.6 is 0 Å². The number of carbonyl (C=O) groups is 2. The van der Waals surface area contributed by atoms with Crippen LogP contribution in [-0.2, 0) is 9.53 Å². The first-order valence-corrected chi connectivity index (χ1v) is 9.16. The number of nitrogens with one attached hydrogen (secondary N) is 2. The van der Waals surface area contributed by atoms with Gasteiger partial charge in [0.05, 0.1) is 6.10 Å². The number of hydrogen-bond acceptors (Lipinski definition) is 3. The fourth-order valence-electron chi connectivity index (χ4n) is 2.89. The number of amides is 2. The minimum absolute atomic E-state index is 0.0457. The summed E-state index contributed by atoms with van der Waals surface area (Å²) < 4.78 is 5.49. The fraction of sp³-hybridized carbons (Fsp3) is 0.364. The third-order valence-electron chi connectivity index (χ3n) is 4.54. The van der Waals surface area contributed by atoms with Gasteiger partial charge in [0.15, 0.2) is 0 Å². The number of aryl methyl sites for hydroxylation is 1. The summed E-state index contributed by atoms with van der Waals surface area (Å²) >= 11 is 0. The molecule has 0 spiro atoms. The number of methoxy groups -OCH3 is 1. The van der Waals surface area contributed by atoms with Gasteiger partial charge in [-0.2, -0.15) is 0 Å². The molecule has 2 atom stereocenters. The standard InChI is InChI=1S/C22H28N2O3/c1-15(2)20(24-21(25)18-13-9-8-10-16(18)3)22(26)23-14-19(27-4)17-11-6-5-7-12-17/h5-13,15,19-20H,14H2,1-4H3,(H,23,26)(H,24,25). The van der Waals surface area contributed by atoms with Crippen molar-refractivity contribution in [3.8, 4) is 0 Å². The van der Waals surface area contributed by atoms with E-state index < -0.39 is 6.04 Å². The Morgan fingerprint density at radius 2 is 1.63 bits per heavy atom. The SMILES string of the molecule is COC(CNC(=O)C(NC(=O)c1ccccc1C)C(C)C)c1ccccc1. The molecule has 0 fully saturated rings. The lowest BCUT2D eigenvalue weighted by Gasteiger charge is -2.24. The van der Waals surface area contributed by atoms with Gasteiger partial charge in [-0.25, -0.2) is 0 Å². The highest BCUT2D eigenvalue weighted by Crippen LogP contribution is 2.15. The molecule has 0 saturated carbocycles. The third kappa shape index (κ3) is 5.66. The third-order valence-corrected chi connectivity index (χ3v) is 4.54. The van der Waals surface area contributed by atoms with Crippen LogP contribution in [-0.4, -0.2) is 31.5 Å². The summed E-state index contributed by atoms with van der Waals surface area (Å²) in [5, 5.41) is 5.77. The zero-order chi connectivity index (χ0) is 19.8. The Kier molecular flexibility index (Phi) is 7.55. The minimum atomic E-state index is -0.620. The number of ether oxygens (including phenoxy) is 1. The molecule has 0 aliphatic heterocycles. The molecular weight excluding hydrogens is 340 g/mol. The second kappa shape index (κ2) is 9.88. The number of hydrogen-bond donors (Lipinski definition) is 2. The first-order valence-electron chi connectivity index (χ1n) is 9.16.